The Morgan fingerprint density at radius 3 is 2.55 bits per heavy atom. The van der Waals surface area contributed by atoms with Gasteiger partial charge in [0.15, 0.2) is 11.5 Å². The Labute approximate surface area is 236 Å². The Kier molecular flexibility index (Phi) is 9.78. The topological polar surface area (TPSA) is 114 Å². The average Bonchev–Trinajstić information content (AvgIpc) is 3.62. The summed E-state index contributed by atoms with van der Waals surface area (Å²) in [5.41, 5.74) is 1.28. The second-order valence-corrected chi connectivity index (χ2v) is 12.2. The number of ether oxygens (including phenoxy) is 3. The van der Waals surface area contributed by atoms with Gasteiger partial charge in [-0.2, -0.15) is 0 Å². The molecular formula is C29H39N3O7S. The molecule has 1 N–H and O–H groups in total. The summed E-state index contributed by atoms with van der Waals surface area (Å²) in [6.07, 6.45) is 6.03. The summed E-state index contributed by atoms with van der Waals surface area (Å²) in [5.74, 6) is 1.34. The lowest BCUT2D eigenvalue weighted by molar-refractivity contribution is -0.141. The largest absolute Gasteiger partial charge is 0.497 e. The number of benzene rings is 2. The molecule has 40 heavy (non-hydrogen) atoms. The lowest BCUT2D eigenvalue weighted by Gasteiger charge is -2.32. The van der Waals surface area contributed by atoms with Gasteiger partial charge in [-0.15, -0.1) is 0 Å². The van der Waals surface area contributed by atoms with Crippen LogP contribution in [-0.2, 0) is 26.2 Å². The van der Waals surface area contributed by atoms with Crippen LogP contribution >= 0.6 is 0 Å². The van der Waals surface area contributed by atoms with Crippen LogP contribution in [0.3, 0.4) is 0 Å². The fourth-order valence-corrected chi connectivity index (χ4v) is 6.26. The lowest BCUT2D eigenvalue weighted by Crippen LogP contribution is -2.51. The molecule has 1 fully saturated rings. The molecule has 1 atom stereocenters. The van der Waals surface area contributed by atoms with Crippen molar-refractivity contribution < 1.29 is 32.2 Å². The molecule has 2 aromatic carbocycles. The van der Waals surface area contributed by atoms with Crippen LogP contribution < -0.4 is 23.8 Å². The van der Waals surface area contributed by atoms with E-state index in [4.69, 9.17) is 14.2 Å². The Hall–Kier alpha value is -3.47. The molecule has 1 aliphatic heterocycles. The Morgan fingerprint density at radius 1 is 1.10 bits per heavy atom. The molecule has 2 aromatic rings. The Morgan fingerprint density at radius 2 is 1.85 bits per heavy atom. The van der Waals surface area contributed by atoms with Gasteiger partial charge in [-0.05, 0) is 55.5 Å². The quantitative estimate of drug-likeness (QED) is 0.387. The minimum atomic E-state index is -3.62. The van der Waals surface area contributed by atoms with E-state index in [0.29, 0.717) is 29.4 Å². The normalized spacial score (nSPS) is 15.5. The van der Waals surface area contributed by atoms with Crippen molar-refractivity contribution in [2.75, 3.05) is 31.0 Å². The molecule has 11 heteroatoms. The Balaban J connectivity index is 1.49. The smallest absolute Gasteiger partial charge is 0.243 e. The van der Waals surface area contributed by atoms with E-state index < -0.39 is 16.1 Å². The van der Waals surface area contributed by atoms with Crippen molar-refractivity contribution in [2.24, 2.45) is 0 Å². The highest BCUT2D eigenvalue weighted by atomic mass is 32.2. The van der Waals surface area contributed by atoms with Gasteiger partial charge in [0.2, 0.25) is 28.6 Å². The molecule has 0 aromatic heterocycles. The third-order valence-corrected chi connectivity index (χ3v) is 8.56. The number of carbonyl (C=O) groups excluding carboxylic acids is 2. The number of methoxy groups -OCH3 is 1. The molecule has 0 spiro atoms. The Bertz CT molecular complexity index is 1290. The van der Waals surface area contributed by atoms with Gasteiger partial charge in [0.1, 0.15) is 11.8 Å². The highest BCUT2D eigenvalue weighted by molar-refractivity contribution is 7.92. The van der Waals surface area contributed by atoms with Gasteiger partial charge in [-0.25, -0.2) is 8.42 Å². The summed E-state index contributed by atoms with van der Waals surface area (Å²) in [5, 5.41) is 3.14. The predicted octanol–water partition coefficient (Wildman–Crippen LogP) is 3.84. The summed E-state index contributed by atoms with van der Waals surface area (Å²) >= 11 is 0. The number of carbonyl (C=O) groups is 2. The molecule has 0 radical (unpaired) electrons. The van der Waals surface area contributed by atoms with E-state index in [-0.39, 0.29) is 50.6 Å². The van der Waals surface area contributed by atoms with Crippen molar-refractivity contribution >= 4 is 27.5 Å². The minimum Gasteiger partial charge on any atom is -0.497 e. The van der Waals surface area contributed by atoms with Gasteiger partial charge in [0, 0.05) is 31.6 Å². The van der Waals surface area contributed by atoms with E-state index in [1.165, 1.54) is 4.31 Å². The molecule has 0 unspecified atom stereocenters. The molecule has 0 saturated heterocycles. The summed E-state index contributed by atoms with van der Waals surface area (Å²) in [6.45, 7) is 2.32. The van der Waals surface area contributed by atoms with Crippen LogP contribution in [0.15, 0.2) is 42.5 Å². The lowest BCUT2D eigenvalue weighted by atomic mass is 10.1. The molecule has 1 saturated carbocycles. The zero-order valence-electron chi connectivity index (χ0n) is 23.4. The van der Waals surface area contributed by atoms with Crippen LogP contribution in [0.2, 0.25) is 0 Å². The molecule has 10 nitrogen and oxygen atoms in total. The first-order chi connectivity index (χ1) is 19.2. The zero-order valence-corrected chi connectivity index (χ0v) is 24.2. The van der Waals surface area contributed by atoms with Crippen LogP contribution in [0.5, 0.6) is 17.2 Å². The van der Waals surface area contributed by atoms with Gasteiger partial charge < -0.3 is 24.4 Å². The van der Waals surface area contributed by atoms with Crippen molar-refractivity contribution in [2.45, 2.75) is 70.5 Å². The van der Waals surface area contributed by atoms with Crippen molar-refractivity contribution in [3.63, 3.8) is 0 Å². The molecule has 218 valence electrons. The SMILES string of the molecule is CC[C@H](C(=O)NC1CCCC1)N(Cc1cccc(OC)c1)C(=O)CCCN(c1ccc2c(c1)OCO2)S(C)(=O)=O. The van der Waals surface area contributed by atoms with E-state index in [1.54, 1.807) is 30.2 Å². The van der Waals surface area contributed by atoms with Gasteiger partial charge in [-0.3, -0.25) is 13.9 Å². The molecular weight excluding hydrogens is 534 g/mol. The zero-order chi connectivity index (χ0) is 28.7. The van der Waals surface area contributed by atoms with Crippen molar-refractivity contribution in [3.05, 3.63) is 48.0 Å². The number of nitrogens with zero attached hydrogens (tertiary/aromatic N) is 2. The van der Waals surface area contributed by atoms with Crippen molar-refractivity contribution in [1.82, 2.24) is 10.2 Å². The minimum absolute atomic E-state index is 0.0771. The third-order valence-electron chi connectivity index (χ3n) is 7.37. The number of hydrogen-bond donors (Lipinski definition) is 1. The van der Waals surface area contributed by atoms with E-state index in [9.17, 15) is 18.0 Å². The van der Waals surface area contributed by atoms with E-state index >= 15 is 0 Å². The highest BCUT2D eigenvalue weighted by Gasteiger charge is 2.31. The van der Waals surface area contributed by atoms with E-state index in [1.807, 2.05) is 31.2 Å². The number of nitrogens with one attached hydrogen (secondary N) is 1. The van der Waals surface area contributed by atoms with Gasteiger partial charge >= 0.3 is 0 Å². The fraction of sp³-hybridized carbons (Fsp3) is 0.517. The van der Waals surface area contributed by atoms with Gasteiger partial charge in [0.25, 0.3) is 0 Å². The van der Waals surface area contributed by atoms with Crippen LogP contribution in [0.1, 0.15) is 57.4 Å². The molecule has 2 aliphatic rings. The maximum atomic E-state index is 13.7. The third kappa shape index (κ3) is 7.38. The second-order valence-electron chi connectivity index (χ2n) is 10.3. The molecule has 4 rings (SSSR count). The first-order valence-electron chi connectivity index (χ1n) is 13.8. The average molecular weight is 574 g/mol. The van der Waals surface area contributed by atoms with Crippen molar-refractivity contribution in [3.8, 4) is 17.2 Å². The van der Waals surface area contributed by atoms with Gasteiger partial charge in [0.05, 0.1) is 19.1 Å². The number of rotatable bonds is 13. The first kappa shape index (κ1) is 29.5. The summed E-state index contributed by atoms with van der Waals surface area (Å²) < 4.78 is 42.6. The van der Waals surface area contributed by atoms with Crippen LogP contribution in [0.25, 0.3) is 0 Å². The second kappa shape index (κ2) is 13.3. The number of sulfonamides is 1. The fourth-order valence-electron chi connectivity index (χ4n) is 5.30. The van der Waals surface area contributed by atoms with Crippen LogP contribution in [0.4, 0.5) is 5.69 Å². The predicted molar refractivity (Wildman–Crippen MR) is 152 cm³/mol. The van der Waals surface area contributed by atoms with Gasteiger partial charge in [-0.1, -0.05) is 31.9 Å². The number of amides is 2. The molecule has 1 heterocycles. The number of fused-ring (bicyclic) bond motifs is 1. The number of hydrogen-bond acceptors (Lipinski definition) is 7. The first-order valence-corrected chi connectivity index (χ1v) is 15.6. The standard InChI is InChI=1S/C29H39N3O7S/c1-4-25(29(34)30-22-10-5-6-11-22)31(19-21-9-7-12-24(17-21)37-2)28(33)13-8-16-32(40(3,35)36)23-14-15-26-27(18-23)39-20-38-26/h7,9,12,14-15,17-18,22,25H,4-6,8,10-11,13,16,19-20H2,1-3H3,(H,30,34)/t25-/m1/s1. The molecule has 0 bridgehead atoms. The summed E-state index contributed by atoms with van der Waals surface area (Å²) in [4.78, 5) is 28.6. The van der Waals surface area contributed by atoms with Crippen LogP contribution in [0, 0.1) is 0 Å². The molecule has 1 aliphatic carbocycles. The monoisotopic (exact) mass is 573 g/mol. The maximum absolute atomic E-state index is 13.7. The maximum Gasteiger partial charge on any atom is 0.243 e. The molecule has 2 amide bonds. The number of anilines is 1. The highest BCUT2D eigenvalue weighted by Crippen LogP contribution is 2.36. The van der Waals surface area contributed by atoms with Crippen LogP contribution in [-0.4, -0.2) is 63.9 Å². The van der Waals surface area contributed by atoms with E-state index in [0.717, 1.165) is 37.5 Å². The summed E-state index contributed by atoms with van der Waals surface area (Å²) in [6, 6.07) is 11.9. The van der Waals surface area contributed by atoms with E-state index in [2.05, 4.69) is 5.32 Å². The van der Waals surface area contributed by atoms with Crippen molar-refractivity contribution in [1.29, 1.82) is 0 Å². The summed E-state index contributed by atoms with van der Waals surface area (Å²) in [7, 11) is -2.04.